The molecule has 7 heteroatoms. The van der Waals surface area contributed by atoms with Crippen molar-refractivity contribution in [3.63, 3.8) is 0 Å². The minimum atomic E-state index is -0.791. The predicted octanol–water partition coefficient (Wildman–Crippen LogP) is 2.37. The van der Waals surface area contributed by atoms with E-state index < -0.39 is 23.7 Å². The van der Waals surface area contributed by atoms with Crippen LogP contribution in [0.1, 0.15) is 18.5 Å². The van der Waals surface area contributed by atoms with Crippen molar-refractivity contribution in [1.29, 1.82) is 0 Å². The first-order chi connectivity index (χ1) is 12.9. The largest absolute Gasteiger partial charge is 0.368 e. The lowest BCUT2D eigenvalue weighted by Gasteiger charge is -2.14. The molecule has 1 atom stereocenters. The van der Waals surface area contributed by atoms with E-state index in [1.165, 1.54) is 23.8 Å². The summed E-state index contributed by atoms with van der Waals surface area (Å²) in [5.74, 6) is -1.47. The normalized spacial score (nSPS) is 11.9. The summed E-state index contributed by atoms with van der Waals surface area (Å²) in [5, 5.41) is 3.58. The SMILES string of the molecule is C[C@H](C(N)=O)n1ccc2c(NC(=O)Cc3ccccc3F)cccc2c1=O. The van der Waals surface area contributed by atoms with Gasteiger partial charge in [0.15, 0.2) is 0 Å². The van der Waals surface area contributed by atoms with Gasteiger partial charge in [0, 0.05) is 22.7 Å². The molecule has 0 spiro atoms. The first-order valence-corrected chi connectivity index (χ1v) is 8.35. The minimum absolute atomic E-state index is 0.126. The van der Waals surface area contributed by atoms with Gasteiger partial charge in [-0.3, -0.25) is 14.4 Å². The summed E-state index contributed by atoms with van der Waals surface area (Å²) >= 11 is 0. The van der Waals surface area contributed by atoms with Gasteiger partial charge in [-0.25, -0.2) is 4.39 Å². The zero-order chi connectivity index (χ0) is 19.6. The highest BCUT2D eigenvalue weighted by Gasteiger charge is 2.16. The summed E-state index contributed by atoms with van der Waals surface area (Å²) in [6.07, 6.45) is 1.34. The van der Waals surface area contributed by atoms with Crippen LogP contribution in [-0.2, 0) is 16.0 Å². The van der Waals surface area contributed by atoms with Crippen LogP contribution >= 0.6 is 0 Å². The number of amides is 2. The van der Waals surface area contributed by atoms with Crippen LogP contribution in [0.15, 0.2) is 59.5 Å². The third kappa shape index (κ3) is 3.72. The van der Waals surface area contributed by atoms with Gasteiger partial charge in [0.2, 0.25) is 11.8 Å². The molecule has 0 saturated carbocycles. The molecule has 2 aromatic carbocycles. The predicted molar refractivity (Wildman–Crippen MR) is 101 cm³/mol. The number of aromatic nitrogens is 1. The van der Waals surface area contributed by atoms with Gasteiger partial charge in [-0.15, -0.1) is 0 Å². The summed E-state index contributed by atoms with van der Waals surface area (Å²) < 4.78 is 15.0. The zero-order valence-corrected chi connectivity index (χ0v) is 14.6. The Labute approximate surface area is 154 Å². The molecule has 0 aliphatic heterocycles. The van der Waals surface area contributed by atoms with Gasteiger partial charge < -0.3 is 15.6 Å². The highest BCUT2D eigenvalue weighted by Crippen LogP contribution is 2.22. The molecule has 138 valence electrons. The molecule has 0 unspecified atom stereocenters. The van der Waals surface area contributed by atoms with Crippen molar-refractivity contribution in [1.82, 2.24) is 4.57 Å². The second-order valence-electron chi connectivity index (χ2n) is 6.19. The number of pyridine rings is 1. The molecule has 3 aromatic rings. The molecule has 2 amide bonds. The molecule has 0 bridgehead atoms. The average molecular weight is 367 g/mol. The van der Waals surface area contributed by atoms with Crippen LogP contribution < -0.4 is 16.6 Å². The van der Waals surface area contributed by atoms with E-state index >= 15 is 0 Å². The van der Waals surface area contributed by atoms with Crippen molar-refractivity contribution >= 4 is 28.3 Å². The third-order valence-corrected chi connectivity index (χ3v) is 4.38. The molecule has 0 aliphatic carbocycles. The number of hydrogen-bond acceptors (Lipinski definition) is 3. The van der Waals surface area contributed by atoms with E-state index in [-0.39, 0.29) is 17.5 Å². The number of halogens is 1. The standard InChI is InChI=1S/C20H18FN3O3/c1-12(19(22)26)24-10-9-14-15(20(24)27)6-4-8-17(14)23-18(25)11-13-5-2-3-7-16(13)21/h2-10,12H,11H2,1H3,(H2,22,26)(H,23,25)/t12-/m1/s1. The molecule has 1 heterocycles. The Hall–Kier alpha value is -3.48. The molecule has 1 aromatic heterocycles. The van der Waals surface area contributed by atoms with Crippen LogP contribution in [0.4, 0.5) is 10.1 Å². The minimum Gasteiger partial charge on any atom is -0.368 e. The van der Waals surface area contributed by atoms with Crippen molar-refractivity contribution in [2.24, 2.45) is 5.73 Å². The van der Waals surface area contributed by atoms with Crippen LogP contribution in [0.2, 0.25) is 0 Å². The number of nitrogens with zero attached hydrogens (tertiary/aromatic N) is 1. The number of nitrogens with one attached hydrogen (secondary N) is 1. The van der Waals surface area contributed by atoms with E-state index in [4.69, 9.17) is 5.73 Å². The van der Waals surface area contributed by atoms with Crippen LogP contribution in [0.3, 0.4) is 0 Å². The fraction of sp³-hybridized carbons (Fsp3) is 0.150. The number of nitrogens with two attached hydrogens (primary N) is 1. The highest BCUT2D eigenvalue weighted by molar-refractivity contribution is 6.02. The number of carbonyl (C=O) groups is 2. The molecule has 3 rings (SSSR count). The highest BCUT2D eigenvalue weighted by atomic mass is 19.1. The molecule has 0 aliphatic rings. The Balaban J connectivity index is 1.93. The van der Waals surface area contributed by atoms with Gasteiger partial charge in [0.1, 0.15) is 11.9 Å². The number of rotatable bonds is 5. The van der Waals surface area contributed by atoms with E-state index in [0.29, 0.717) is 16.5 Å². The first-order valence-electron chi connectivity index (χ1n) is 8.35. The van der Waals surface area contributed by atoms with Crippen LogP contribution in [0.25, 0.3) is 10.8 Å². The maximum atomic E-state index is 13.7. The summed E-state index contributed by atoms with van der Waals surface area (Å²) in [6, 6.07) is 11.8. The lowest BCUT2D eigenvalue weighted by molar-refractivity contribution is -0.120. The number of anilines is 1. The Morgan fingerprint density at radius 1 is 1.11 bits per heavy atom. The van der Waals surface area contributed by atoms with Crippen LogP contribution in [-0.4, -0.2) is 16.4 Å². The summed E-state index contributed by atoms with van der Waals surface area (Å²) in [4.78, 5) is 36.3. The van der Waals surface area contributed by atoms with E-state index in [0.717, 1.165) is 0 Å². The van der Waals surface area contributed by atoms with Crippen molar-refractivity contribution in [3.05, 3.63) is 76.5 Å². The fourth-order valence-corrected chi connectivity index (χ4v) is 2.85. The molecular weight excluding hydrogens is 349 g/mol. The van der Waals surface area contributed by atoms with Crippen molar-refractivity contribution in [2.45, 2.75) is 19.4 Å². The van der Waals surface area contributed by atoms with E-state index in [1.54, 1.807) is 42.5 Å². The molecule has 0 fully saturated rings. The van der Waals surface area contributed by atoms with E-state index in [1.807, 2.05) is 0 Å². The van der Waals surface area contributed by atoms with Crippen molar-refractivity contribution < 1.29 is 14.0 Å². The Morgan fingerprint density at radius 3 is 2.56 bits per heavy atom. The maximum Gasteiger partial charge on any atom is 0.259 e. The topological polar surface area (TPSA) is 94.2 Å². The lowest BCUT2D eigenvalue weighted by Crippen LogP contribution is -2.31. The van der Waals surface area contributed by atoms with Gasteiger partial charge in [0.25, 0.3) is 5.56 Å². The molecular formula is C20H18FN3O3. The summed E-state index contributed by atoms with van der Waals surface area (Å²) in [7, 11) is 0. The fourth-order valence-electron chi connectivity index (χ4n) is 2.85. The molecule has 6 nitrogen and oxygen atoms in total. The number of fused-ring (bicyclic) bond motifs is 1. The quantitative estimate of drug-likeness (QED) is 0.725. The number of carbonyl (C=O) groups excluding carboxylic acids is 2. The van der Waals surface area contributed by atoms with Crippen molar-refractivity contribution in [3.8, 4) is 0 Å². The number of benzene rings is 2. The number of hydrogen-bond donors (Lipinski definition) is 2. The van der Waals surface area contributed by atoms with Crippen LogP contribution in [0, 0.1) is 5.82 Å². The Kier molecular flexibility index (Phi) is 5.03. The van der Waals surface area contributed by atoms with E-state index in [9.17, 15) is 18.8 Å². The Bertz CT molecular complexity index is 1090. The smallest absolute Gasteiger partial charge is 0.259 e. The average Bonchev–Trinajstić information content (AvgIpc) is 2.64. The lowest BCUT2D eigenvalue weighted by atomic mass is 10.1. The van der Waals surface area contributed by atoms with Gasteiger partial charge in [0.05, 0.1) is 6.42 Å². The van der Waals surface area contributed by atoms with Crippen LogP contribution in [0.5, 0.6) is 0 Å². The maximum absolute atomic E-state index is 13.7. The third-order valence-electron chi connectivity index (χ3n) is 4.38. The van der Waals surface area contributed by atoms with Crippen molar-refractivity contribution in [2.75, 3.05) is 5.32 Å². The van der Waals surface area contributed by atoms with E-state index in [2.05, 4.69) is 5.32 Å². The molecule has 0 saturated heterocycles. The summed E-state index contributed by atoms with van der Waals surface area (Å²) in [5.41, 5.74) is 5.61. The zero-order valence-electron chi connectivity index (χ0n) is 14.6. The first kappa shape index (κ1) is 18.3. The number of primary amides is 1. The summed E-state index contributed by atoms with van der Waals surface area (Å²) in [6.45, 7) is 1.54. The van der Waals surface area contributed by atoms with Gasteiger partial charge >= 0.3 is 0 Å². The second kappa shape index (κ2) is 7.41. The molecule has 27 heavy (non-hydrogen) atoms. The molecule has 0 radical (unpaired) electrons. The van der Waals surface area contributed by atoms with Gasteiger partial charge in [-0.2, -0.15) is 0 Å². The molecule has 3 N–H and O–H groups in total. The van der Waals surface area contributed by atoms with Gasteiger partial charge in [-0.1, -0.05) is 24.3 Å². The monoisotopic (exact) mass is 367 g/mol. The van der Waals surface area contributed by atoms with Gasteiger partial charge in [-0.05, 0) is 36.8 Å². The Morgan fingerprint density at radius 2 is 1.85 bits per heavy atom. The second-order valence-corrected chi connectivity index (χ2v) is 6.19.